The van der Waals surface area contributed by atoms with Gasteiger partial charge in [0.05, 0.1) is 16.5 Å². The molecule has 8 nitrogen and oxygen atoms in total. The van der Waals surface area contributed by atoms with Crippen molar-refractivity contribution in [2.24, 2.45) is 5.14 Å². The van der Waals surface area contributed by atoms with E-state index in [0.29, 0.717) is 11.3 Å². The lowest BCUT2D eigenvalue weighted by atomic mass is 9.95. The summed E-state index contributed by atoms with van der Waals surface area (Å²) >= 11 is 0. The van der Waals surface area contributed by atoms with E-state index in [-0.39, 0.29) is 22.7 Å². The van der Waals surface area contributed by atoms with Gasteiger partial charge in [0.1, 0.15) is 0 Å². The molecular formula is C18H17N3O5S. The molecular weight excluding hydrogens is 370 g/mol. The average molecular weight is 387 g/mol. The molecule has 1 aliphatic rings. The number of amides is 1. The third-order valence-corrected chi connectivity index (χ3v) is 5.22. The van der Waals surface area contributed by atoms with E-state index in [4.69, 9.17) is 5.14 Å². The Labute approximate surface area is 156 Å². The summed E-state index contributed by atoms with van der Waals surface area (Å²) in [5.74, 6) is -1.71. The van der Waals surface area contributed by atoms with Crippen LogP contribution < -0.4 is 10.0 Å². The quantitative estimate of drug-likeness (QED) is 0.801. The number of Topliss-reactive ketones (excluding diaryl/α,β-unsaturated/α-hetero) is 1. The SMILES string of the molecule is CCC(=O)C1=C(O)C(=O)N(c2ccc(S(N)(=O)=O)cc2)C1c1ccncc1. The van der Waals surface area contributed by atoms with Gasteiger partial charge in [-0.3, -0.25) is 19.5 Å². The van der Waals surface area contributed by atoms with E-state index < -0.39 is 27.7 Å². The Morgan fingerprint density at radius 1 is 1.19 bits per heavy atom. The molecule has 0 fully saturated rings. The van der Waals surface area contributed by atoms with Gasteiger partial charge >= 0.3 is 0 Å². The first-order valence-corrected chi connectivity index (χ1v) is 9.63. The molecule has 1 amide bonds. The van der Waals surface area contributed by atoms with Crippen LogP contribution in [0.15, 0.2) is 65.0 Å². The number of hydrogen-bond acceptors (Lipinski definition) is 6. The molecule has 1 aromatic heterocycles. The zero-order valence-electron chi connectivity index (χ0n) is 14.4. The number of ketones is 1. The molecule has 1 aromatic carbocycles. The second-order valence-corrected chi connectivity index (χ2v) is 7.50. The van der Waals surface area contributed by atoms with Crippen molar-refractivity contribution in [3.05, 3.63) is 65.7 Å². The van der Waals surface area contributed by atoms with Crippen LogP contribution in [0.5, 0.6) is 0 Å². The first-order chi connectivity index (χ1) is 12.8. The molecule has 0 radical (unpaired) electrons. The second kappa shape index (κ2) is 6.93. The average Bonchev–Trinajstić information content (AvgIpc) is 2.92. The highest BCUT2D eigenvalue weighted by molar-refractivity contribution is 7.89. The fraction of sp³-hybridized carbons (Fsp3) is 0.167. The van der Waals surface area contributed by atoms with Crippen molar-refractivity contribution in [3.63, 3.8) is 0 Å². The van der Waals surface area contributed by atoms with Gasteiger partial charge in [-0.2, -0.15) is 0 Å². The van der Waals surface area contributed by atoms with Gasteiger partial charge in [0.2, 0.25) is 10.0 Å². The van der Waals surface area contributed by atoms with E-state index in [9.17, 15) is 23.1 Å². The van der Waals surface area contributed by atoms with Crippen LogP contribution in [0.1, 0.15) is 24.9 Å². The highest BCUT2D eigenvalue weighted by Crippen LogP contribution is 2.41. The van der Waals surface area contributed by atoms with Crippen molar-refractivity contribution >= 4 is 27.4 Å². The third kappa shape index (κ3) is 3.34. The molecule has 1 aliphatic heterocycles. The molecule has 2 aromatic rings. The summed E-state index contributed by atoms with van der Waals surface area (Å²) in [5, 5.41) is 15.4. The van der Waals surface area contributed by atoms with Gasteiger partial charge in [0.15, 0.2) is 11.5 Å². The van der Waals surface area contributed by atoms with Crippen LogP contribution in [0, 0.1) is 0 Å². The Morgan fingerprint density at radius 3 is 2.30 bits per heavy atom. The smallest absolute Gasteiger partial charge is 0.294 e. The molecule has 27 heavy (non-hydrogen) atoms. The first kappa shape index (κ1) is 18.7. The van der Waals surface area contributed by atoms with Crippen molar-refractivity contribution in [2.75, 3.05) is 4.90 Å². The zero-order valence-corrected chi connectivity index (χ0v) is 15.2. The number of aliphatic hydroxyl groups is 1. The van der Waals surface area contributed by atoms with Crippen LogP contribution in [0.2, 0.25) is 0 Å². The Hall–Kier alpha value is -3.04. The van der Waals surface area contributed by atoms with Crippen LogP contribution in [0.3, 0.4) is 0 Å². The number of anilines is 1. The number of aromatic nitrogens is 1. The van der Waals surface area contributed by atoms with Crippen molar-refractivity contribution in [1.29, 1.82) is 0 Å². The number of carbonyl (C=O) groups excluding carboxylic acids is 2. The Balaban J connectivity index is 2.14. The monoisotopic (exact) mass is 387 g/mol. The summed E-state index contributed by atoms with van der Waals surface area (Å²) in [6.07, 6.45) is 3.16. The number of rotatable bonds is 5. The molecule has 0 spiro atoms. The second-order valence-electron chi connectivity index (χ2n) is 5.94. The number of carbonyl (C=O) groups is 2. The molecule has 3 N–H and O–H groups in total. The van der Waals surface area contributed by atoms with E-state index in [2.05, 4.69) is 4.98 Å². The van der Waals surface area contributed by atoms with Gasteiger partial charge in [-0.25, -0.2) is 13.6 Å². The van der Waals surface area contributed by atoms with Gasteiger partial charge < -0.3 is 5.11 Å². The van der Waals surface area contributed by atoms with Crippen molar-refractivity contribution in [1.82, 2.24) is 4.98 Å². The van der Waals surface area contributed by atoms with E-state index >= 15 is 0 Å². The largest absolute Gasteiger partial charge is 0.503 e. The Morgan fingerprint density at radius 2 is 1.78 bits per heavy atom. The topological polar surface area (TPSA) is 131 Å². The maximum Gasteiger partial charge on any atom is 0.294 e. The maximum absolute atomic E-state index is 12.7. The number of nitrogens with two attached hydrogens (primary N) is 1. The standard InChI is InChI=1S/C18H17N3O5S/c1-2-14(22)15-16(11-7-9-20-10-8-11)21(18(24)17(15)23)12-3-5-13(6-4-12)27(19,25)26/h3-10,16,23H,2H2,1H3,(H2,19,25,26). The molecule has 3 rings (SSSR count). The van der Waals surface area contributed by atoms with Crippen LogP contribution in [0.25, 0.3) is 0 Å². The van der Waals surface area contributed by atoms with Crippen LogP contribution >= 0.6 is 0 Å². The van der Waals surface area contributed by atoms with Gasteiger partial charge in [-0.1, -0.05) is 6.92 Å². The molecule has 0 saturated carbocycles. The third-order valence-electron chi connectivity index (χ3n) is 4.29. The van der Waals surface area contributed by atoms with E-state index in [0.717, 1.165) is 0 Å². The van der Waals surface area contributed by atoms with Gasteiger partial charge in [-0.15, -0.1) is 0 Å². The lowest BCUT2D eigenvalue weighted by molar-refractivity contribution is -0.118. The number of aliphatic hydroxyl groups excluding tert-OH is 1. The predicted molar refractivity (Wildman–Crippen MR) is 97.2 cm³/mol. The predicted octanol–water partition coefficient (Wildman–Crippen LogP) is 1.61. The summed E-state index contributed by atoms with van der Waals surface area (Å²) in [7, 11) is -3.89. The minimum Gasteiger partial charge on any atom is -0.503 e. The summed E-state index contributed by atoms with van der Waals surface area (Å²) < 4.78 is 22.9. The minimum absolute atomic E-state index is 0.00391. The van der Waals surface area contributed by atoms with Crippen molar-refractivity contribution in [3.8, 4) is 0 Å². The number of sulfonamides is 1. The van der Waals surface area contributed by atoms with Crippen LogP contribution in [-0.2, 0) is 19.6 Å². The highest BCUT2D eigenvalue weighted by Gasteiger charge is 2.43. The Kier molecular flexibility index (Phi) is 4.81. The molecule has 0 aliphatic carbocycles. The summed E-state index contributed by atoms with van der Waals surface area (Å²) in [6, 6.07) is 7.78. The highest BCUT2D eigenvalue weighted by atomic mass is 32.2. The molecule has 1 unspecified atom stereocenters. The van der Waals surface area contributed by atoms with E-state index in [1.54, 1.807) is 19.1 Å². The number of primary sulfonamides is 1. The van der Waals surface area contributed by atoms with E-state index in [1.165, 1.54) is 41.6 Å². The maximum atomic E-state index is 12.7. The summed E-state index contributed by atoms with van der Waals surface area (Å²) in [4.78, 5) is 30.2. The number of pyridine rings is 1. The minimum atomic E-state index is -3.89. The summed E-state index contributed by atoms with van der Waals surface area (Å²) in [6.45, 7) is 1.64. The Bertz CT molecular complexity index is 1030. The molecule has 9 heteroatoms. The molecule has 0 bridgehead atoms. The van der Waals surface area contributed by atoms with Crippen molar-refractivity contribution in [2.45, 2.75) is 24.3 Å². The summed E-state index contributed by atoms with van der Waals surface area (Å²) in [5.41, 5.74) is 0.915. The fourth-order valence-electron chi connectivity index (χ4n) is 3.00. The number of hydrogen-bond donors (Lipinski definition) is 2. The normalized spacial score (nSPS) is 17.5. The van der Waals surface area contributed by atoms with Gasteiger partial charge in [0, 0.05) is 24.5 Å². The van der Waals surface area contributed by atoms with Crippen LogP contribution in [0.4, 0.5) is 5.69 Å². The van der Waals surface area contributed by atoms with Gasteiger partial charge in [-0.05, 0) is 42.0 Å². The lowest BCUT2D eigenvalue weighted by Crippen LogP contribution is -2.31. The van der Waals surface area contributed by atoms with E-state index in [1.807, 2.05) is 0 Å². The fourth-order valence-corrected chi connectivity index (χ4v) is 3.52. The molecule has 0 saturated heterocycles. The zero-order chi connectivity index (χ0) is 19.8. The van der Waals surface area contributed by atoms with Crippen LogP contribution in [-0.4, -0.2) is 30.2 Å². The molecule has 2 heterocycles. The van der Waals surface area contributed by atoms with Crippen molar-refractivity contribution < 1.29 is 23.1 Å². The molecule has 1 atom stereocenters. The van der Waals surface area contributed by atoms with Gasteiger partial charge in [0.25, 0.3) is 5.91 Å². The number of benzene rings is 1. The molecule has 140 valence electrons. The number of nitrogens with zero attached hydrogens (tertiary/aromatic N) is 2. The lowest BCUT2D eigenvalue weighted by Gasteiger charge is -2.26. The first-order valence-electron chi connectivity index (χ1n) is 8.08.